The maximum Gasteiger partial charge on any atom is 0.221 e. The van der Waals surface area contributed by atoms with E-state index in [1.165, 1.54) is 0 Å². The molecule has 0 atom stereocenters. The largest absolute Gasteiger partial charge is 0.504 e. The zero-order valence-electron chi connectivity index (χ0n) is 26.4. The second kappa shape index (κ2) is 9.39. The van der Waals surface area contributed by atoms with Gasteiger partial charge in [0.15, 0.2) is 11.3 Å². The van der Waals surface area contributed by atoms with E-state index >= 15 is 0 Å². The van der Waals surface area contributed by atoms with Gasteiger partial charge in [0.25, 0.3) is 0 Å². The number of rotatable bonds is 3. The predicted molar refractivity (Wildman–Crippen MR) is 189 cm³/mol. The van der Waals surface area contributed by atoms with Gasteiger partial charge in [0, 0.05) is 22.2 Å². The van der Waals surface area contributed by atoms with Crippen molar-refractivity contribution < 1.29 is 18.7 Å². The van der Waals surface area contributed by atoms with Crippen LogP contribution in [0, 0.1) is 0 Å². The molecule has 5 aromatic heterocycles. The molecule has 232 valence electrons. The molecule has 0 radical (unpaired) electrons. The third-order valence-corrected chi connectivity index (χ3v) is 9.26. The first-order valence-electron chi connectivity index (χ1n) is 15.9. The van der Waals surface area contributed by atoms with Crippen LogP contribution in [0.5, 0.6) is 17.4 Å². The number of ether oxygens (including phenoxy) is 1. The molecule has 0 bridgehead atoms. The quantitative estimate of drug-likeness (QED) is 0.209. The van der Waals surface area contributed by atoms with Crippen LogP contribution in [0.1, 0.15) is 26.3 Å². The molecule has 0 aliphatic heterocycles. The average Bonchev–Trinajstić information content (AvgIpc) is 3.82. The van der Waals surface area contributed by atoms with Crippen LogP contribution >= 0.6 is 0 Å². The normalized spacial score (nSPS) is 12.6. The van der Waals surface area contributed by atoms with Crippen molar-refractivity contribution in [3.05, 3.63) is 115 Å². The summed E-state index contributed by atoms with van der Waals surface area (Å²) in [6, 6.07) is 35.8. The molecule has 8 heteroatoms. The molecule has 10 rings (SSSR count). The second-order valence-corrected chi connectivity index (χ2v) is 13.3. The van der Waals surface area contributed by atoms with Gasteiger partial charge in [-0.2, -0.15) is 4.98 Å². The molecule has 8 nitrogen and oxygen atoms in total. The lowest BCUT2D eigenvalue weighted by Crippen LogP contribution is -2.13. The molecular formula is C40H28N4O4. The van der Waals surface area contributed by atoms with Crippen molar-refractivity contribution in [1.29, 1.82) is 0 Å². The highest BCUT2D eigenvalue weighted by Gasteiger charge is 2.23. The fraction of sp³-hybridized carbons (Fsp3) is 0.100. The maximum atomic E-state index is 11.5. The Morgan fingerprint density at radius 2 is 1.42 bits per heavy atom. The molecule has 5 aromatic carbocycles. The Morgan fingerprint density at radius 1 is 0.667 bits per heavy atom. The number of nitrogens with zero attached hydrogens (tertiary/aromatic N) is 4. The van der Waals surface area contributed by atoms with Crippen molar-refractivity contribution in [2.45, 2.75) is 26.2 Å². The lowest BCUT2D eigenvalue weighted by atomic mass is 9.87. The number of imidazole rings is 2. The Bertz CT molecular complexity index is 2930. The first kappa shape index (κ1) is 26.9. The van der Waals surface area contributed by atoms with E-state index in [0.717, 1.165) is 49.6 Å². The number of aromatic nitrogens is 4. The number of furan rings is 2. The second-order valence-electron chi connectivity index (χ2n) is 13.3. The lowest BCUT2D eigenvalue weighted by Gasteiger charge is -2.21. The highest BCUT2D eigenvalue weighted by atomic mass is 16.5. The number of para-hydroxylation sites is 5. The first-order valence-corrected chi connectivity index (χ1v) is 15.9. The average molecular weight is 629 g/mol. The summed E-state index contributed by atoms with van der Waals surface area (Å²) in [5.41, 5.74) is 7.21. The summed E-state index contributed by atoms with van der Waals surface area (Å²) in [4.78, 5) is 10.1. The summed E-state index contributed by atoms with van der Waals surface area (Å²) in [6.07, 6.45) is 0. The van der Waals surface area contributed by atoms with Gasteiger partial charge in [-0.05, 0) is 71.6 Å². The van der Waals surface area contributed by atoms with Crippen LogP contribution < -0.4 is 4.74 Å². The molecule has 0 spiro atoms. The number of hydrogen-bond donors (Lipinski definition) is 1. The Kier molecular flexibility index (Phi) is 5.26. The van der Waals surface area contributed by atoms with E-state index in [-0.39, 0.29) is 11.2 Å². The molecular weight excluding hydrogens is 600 g/mol. The molecule has 0 fully saturated rings. The van der Waals surface area contributed by atoms with Crippen LogP contribution in [0.3, 0.4) is 0 Å². The highest BCUT2D eigenvalue weighted by molar-refractivity contribution is 6.19. The van der Waals surface area contributed by atoms with Gasteiger partial charge in [-0.15, -0.1) is 0 Å². The summed E-state index contributed by atoms with van der Waals surface area (Å²) >= 11 is 0. The van der Waals surface area contributed by atoms with Gasteiger partial charge in [-0.3, -0.25) is 8.97 Å². The summed E-state index contributed by atoms with van der Waals surface area (Å²) in [7, 11) is 0. The van der Waals surface area contributed by atoms with E-state index in [2.05, 4.69) is 54.0 Å². The number of hydrogen-bond acceptors (Lipinski definition) is 6. The van der Waals surface area contributed by atoms with Crippen molar-refractivity contribution in [1.82, 2.24) is 18.9 Å². The van der Waals surface area contributed by atoms with Crippen LogP contribution in [-0.2, 0) is 5.41 Å². The summed E-state index contributed by atoms with van der Waals surface area (Å²) in [5.74, 6) is 2.54. The molecule has 48 heavy (non-hydrogen) atoms. The van der Waals surface area contributed by atoms with Gasteiger partial charge in [0.05, 0.1) is 27.5 Å². The lowest BCUT2D eigenvalue weighted by molar-refractivity contribution is 0.458. The van der Waals surface area contributed by atoms with Crippen molar-refractivity contribution in [2.24, 2.45) is 0 Å². The number of fused-ring (bicyclic) bond motifs is 11. The van der Waals surface area contributed by atoms with Gasteiger partial charge < -0.3 is 18.7 Å². The minimum atomic E-state index is -0.191. The molecule has 10 aromatic rings. The molecule has 1 N–H and O–H groups in total. The molecule has 0 saturated heterocycles. The minimum absolute atomic E-state index is 0.0420. The van der Waals surface area contributed by atoms with Gasteiger partial charge >= 0.3 is 0 Å². The fourth-order valence-corrected chi connectivity index (χ4v) is 6.92. The van der Waals surface area contributed by atoms with Crippen molar-refractivity contribution >= 4 is 71.7 Å². The monoisotopic (exact) mass is 628 g/mol. The molecule has 0 saturated carbocycles. The summed E-state index contributed by atoms with van der Waals surface area (Å²) in [5, 5.41) is 14.5. The third kappa shape index (κ3) is 3.77. The van der Waals surface area contributed by atoms with E-state index < -0.39 is 0 Å². The number of phenolic OH excluding ortho intramolecular Hbond substituents is 1. The van der Waals surface area contributed by atoms with Crippen LogP contribution in [0.4, 0.5) is 0 Å². The van der Waals surface area contributed by atoms with E-state index in [1.54, 1.807) is 0 Å². The third-order valence-electron chi connectivity index (χ3n) is 9.26. The molecule has 5 heterocycles. The van der Waals surface area contributed by atoms with Crippen LogP contribution in [0.2, 0.25) is 0 Å². The zero-order valence-corrected chi connectivity index (χ0v) is 26.4. The van der Waals surface area contributed by atoms with Crippen molar-refractivity contribution in [3.8, 4) is 23.2 Å². The Morgan fingerprint density at radius 3 is 2.27 bits per heavy atom. The minimum Gasteiger partial charge on any atom is -0.504 e. The van der Waals surface area contributed by atoms with Gasteiger partial charge in [-0.25, -0.2) is 4.98 Å². The molecule has 0 aliphatic rings. The smallest absolute Gasteiger partial charge is 0.221 e. The standard InChI is InChI=1S/C40H28N4O4/c1-40(2,3)22-18-34(44-30-14-8-7-13-29(30)43-28-12-6-5-11-27(28)41-39(43)44)42-35(19-22)46-23-16-17-32-26(20-23)36-33(47-32)21-25-24-10-4-9-15-31(24)48-38(25)37(36)45/h4-21,45H,1-3H3. The summed E-state index contributed by atoms with van der Waals surface area (Å²) in [6.45, 7) is 6.52. The number of pyridine rings is 1. The van der Waals surface area contributed by atoms with Crippen LogP contribution in [0.15, 0.2) is 118 Å². The number of benzene rings is 5. The molecule has 0 aliphatic carbocycles. The SMILES string of the molecule is CC(C)(C)c1cc(Oc2ccc3oc4cc5c(oc6ccccc65)c(O)c4c3c2)nc(-n2c3ccccc3n3c4ccccc4nc23)c1. The number of phenols is 1. The van der Waals surface area contributed by atoms with Gasteiger partial charge in [0.1, 0.15) is 28.3 Å². The van der Waals surface area contributed by atoms with Gasteiger partial charge in [-0.1, -0.05) is 63.2 Å². The summed E-state index contributed by atoms with van der Waals surface area (Å²) < 4.78 is 23.1. The Labute approximate surface area is 273 Å². The topological polar surface area (TPSA) is 90.9 Å². The van der Waals surface area contributed by atoms with E-state index in [0.29, 0.717) is 45.2 Å². The van der Waals surface area contributed by atoms with Gasteiger partial charge in [0.2, 0.25) is 11.7 Å². The first-order chi connectivity index (χ1) is 23.3. The fourth-order valence-electron chi connectivity index (χ4n) is 6.92. The van der Waals surface area contributed by atoms with Crippen molar-refractivity contribution in [3.63, 3.8) is 0 Å². The van der Waals surface area contributed by atoms with Crippen LogP contribution in [0.25, 0.3) is 77.5 Å². The molecule has 0 amide bonds. The zero-order chi connectivity index (χ0) is 32.3. The predicted octanol–water partition coefficient (Wildman–Crippen LogP) is 10.4. The Hall–Kier alpha value is -6.28. The van der Waals surface area contributed by atoms with E-state index in [4.69, 9.17) is 23.5 Å². The van der Waals surface area contributed by atoms with E-state index in [1.807, 2.05) is 84.9 Å². The highest BCUT2D eigenvalue weighted by Crippen LogP contribution is 2.45. The molecule has 0 unspecified atom stereocenters. The van der Waals surface area contributed by atoms with Crippen molar-refractivity contribution in [2.75, 3.05) is 0 Å². The Balaban J connectivity index is 1.15. The van der Waals surface area contributed by atoms with E-state index in [9.17, 15) is 5.11 Å². The van der Waals surface area contributed by atoms with Crippen LogP contribution in [-0.4, -0.2) is 24.0 Å². The number of aromatic hydroxyl groups is 1. The maximum absolute atomic E-state index is 11.5.